The minimum atomic E-state index is -0.306. The number of carbonyl (C=O) groups is 2. The van der Waals surface area contributed by atoms with E-state index in [1.54, 1.807) is 16.2 Å². The van der Waals surface area contributed by atoms with Crippen molar-refractivity contribution in [3.05, 3.63) is 22.4 Å². The predicted octanol–water partition coefficient (Wildman–Crippen LogP) is 2.37. The van der Waals surface area contributed by atoms with Gasteiger partial charge in [0.25, 0.3) is 0 Å². The molecular formula is C15H22N2O2S. The highest BCUT2D eigenvalue weighted by Crippen LogP contribution is 2.18. The molecule has 20 heavy (non-hydrogen) atoms. The molecule has 5 heteroatoms. The van der Waals surface area contributed by atoms with Crippen LogP contribution in [0.15, 0.2) is 16.8 Å². The number of thiophene rings is 1. The van der Waals surface area contributed by atoms with Crippen LogP contribution in [0.2, 0.25) is 0 Å². The summed E-state index contributed by atoms with van der Waals surface area (Å²) in [5.41, 5.74) is 1.25. The first-order valence-corrected chi connectivity index (χ1v) is 8.17. The van der Waals surface area contributed by atoms with Gasteiger partial charge in [0, 0.05) is 19.5 Å². The summed E-state index contributed by atoms with van der Waals surface area (Å²) < 4.78 is 0. The molecule has 0 bridgehead atoms. The van der Waals surface area contributed by atoms with Crippen molar-refractivity contribution in [2.75, 3.05) is 13.1 Å². The first-order valence-electron chi connectivity index (χ1n) is 7.22. The normalized spacial score (nSPS) is 18.1. The van der Waals surface area contributed by atoms with Gasteiger partial charge in [-0.25, -0.2) is 0 Å². The van der Waals surface area contributed by atoms with E-state index in [9.17, 15) is 9.59 Å². The van der Waals surface area contributed by atoms with Crippen LogP contribution in [0.1, 0.15) is 44.6 Å². The van der Waals surface area contributed by atoms with Crippen molar-refractivity contribution in [3.63, 3.8) is 0 Å². The molecule has 2 rings (SSSR count). The van der Waals surface area contributed by atoms with Crippen molar-refractivity contribution in [2.45, 2.75) is 45.1 Å². The second kappa shape index (κ2) is 6.88. The van der Waals surface area contributed by atoms with Crippen LogP contribution < -0.4 is 5.32 Å². The molecule has 1 fully saturated rings. The smallest absolute Gasteiger partial charge is 0.242 e. The first-order chi connectivity index (χ1) is 9.63. The van der Waals surface area contributed by atoms with Gasteiger partial charge in [-0.2, -0.15) is 11.3 Å². The molecule has 0 saturated carbocycles. The fourth-order valence-electron chi connectivity index (χ4n) is 2.59. The van der Waals surface area contributed by atoms with E-state index in [0.29, 0.717) is 31.8 Å². The largest absolute Gasteiger partial charge is 0.354 e. The molecule has 2 atom stereocenters. The number of hydrogen-bond donors (Lipinski definition) is 1. The van der Waals surface area contributed by atoms with E-state index in [2.05, 4.69) is 23.7 Å². The number of nitrogens with zero attached hydrogens (tertiary/aromatic N) is 1. The van der Waals surface area contributed by atoms with E-state index in [0.717, 1.165) is 6.42 Å². The van der Waals surface area contributed by atoms with E-state index in [1.165, 1.54) is 5.56 Å². The lowest BCUT2D eigenvalue weighted by Gasteiger charge is -2.26. The van der Waals surface area contributed by atoms with Gasteiger partial charge in [0.1, 0.15) is 6.04 Å². The highest BCUT2D eigenvalue weighted by molar-refractivity contribution is 7.07. The van der Waals surface area contributed by atoms with Crippen LogP contribution in [0, 0.1) is 0 Å². The maximum atomic E-state index is 12.3. The number of carbonyl (C=O) groups excluding carboxylic acids is 2. The Bertz CT molecular complexity index is 458. The van der Waals surface area contributed by atoms with Crippen LogP contribution in [-0.4, -0.2) is 35.8 Å². The summed E-state index contributed by atoms with van der Waals surface area (Å²) in [7, 11) is 0. The third-order valence-electron chi connectivity index (χ3n) is 3.87. The first kappa shape index (κ1) is 15.0. The average molecular weight is 294 g/mol. The minimum Gasteiger partial charge on any atom is -0.354 e. The predicted molar refractivity (Wildman–Crippen MR) is 80.8 cm³/mol. The van der Waals surface area contributed by atoms with Crippen LogP contribution in [0.25, 0.3) is 0 Å². The summed E-state index contributed by atoms with van der Waals surface area (Å²) in [4.78, 5) is 25.8. The third kappa shape index (κ3) is 3.39. The monoisotopic (exact) mass is 294 g/mol. The van der Waals surface area contributed by atoms with Crippen LogP contribution >= 0.6 is 11.3 Å². The van der Waals surface area contributed by atoms with Gasteiger partial charge in [-0.05, 0) is 41.1 Å². The number of nitrogens with one attached hydrogen (secondary N) is 1. The van der Waals surface area contributed by atoms with E-state index in [1.807, 2.05) is 12.3 Å². The average Bonchev–Trinajstić information content (AvgIpc) is 3.09. The van der Waals surface area contributed by atoms with Crippen LogP contribution in [0.4, 0.5) is 0 Å². The zero-order valence-corrected chi connectivity index (χ0v) is 12.9. The lowest BCUT2D eigenvalue weighted by molar-refractivity contribution is -0.137. The Balaban J connectivity index is 1.88. The minimum absolute atomic E-state index is 0.0233. The second-order valence-electron chi connectivity index (χ2n) is 5.32. The summed E-state index contributed by atoms with van der Waals surface area (Å²) in [5.74, 6) is 0.389. The van der Waals surface area contributed by atoms with Gasteiger partial charge in [0.15, 0.2) is 0 Å². The summed E-state index contributed by atoms with van der Waals surface area (Å²) in [6.45, 7) is 5.39. The Morgan fingerprint density at radius 2 is 2.35 bits per heavy atom. The summed E-state index contributed by atoms with van der Waals surface area (Å²) >= 11 is 1.67. The molecule has 4 nitrogen and oxygen atoms in total. The molecule has 0 aliphatic carbocycles. The summed E-state index contributed by atoms with van der Waals surface area (Å²) in [6.07, 6.45) is 2.12. The second-order valence-corrected chi connectivity index (χ2v) is 6.10. The highest BCUT2D eigenvalue weighted by atomic mass is 32.1. The van der Waals surface area contributed by atoms with Crippen molar-refractivity contribution < 1.29 is 9.59 Å². The fourth-order valence-corrected chi connectivity index (χ4v) is 3.37. The third-order valence-corrected chi connectivity index (χ3v) is 4.57. The van der Waals surface area contributed by atoms with Gasteiger partial charge >= 0.3 is 0 Å². The SMILES string of the molecule is CC[C@@H](C(=O)NC[C@@H](C)c1ccsc1)N1CCCC1=O. The van der Waals surface area contributed by atoms with Gasteiger partial charge < -0.3 is 10.2 Å². The zero-order chi connectivity index (χ0) is 14.5. The van der Waals surface area contributed by atoms with Crippen molar-refractivity contribution in [3.8, 4) is 0 Å². The molecule has 1 N–H and O–H groups in total. The topological polar surface area (TPSA) is 49.4 Å². The van der Waals surface area contributed by atoms with Gasteiger partial charge in [-0.3, -0.25) is 9.59 Å². The zero-order valence-electron chi connectivity index (χ0n) is 12.1. The van der Waals surface area contributed by atoms with Crippen LogP contribution in [-0.2, 0) is 9.59 Å². The summed E-state index contributed by atoms with van der Waals surface area (Å²) in [5, 5.41) is 7.15. The fraction of sp³-hybridized carbons (Fsp3) is 0.600. The molecular weight excluding hydrogens is 272 g/mol. The van der Waals surface area contributed by atoms with Crippen molar-refractivity contribution in [1.82, 2.24) is 10.2 Å². The standard InChI is InChI=1S/C15H22N2O2S/c1-3-13(17-7-4-5-14(17)18)15(19)16-9-11(2)12-6-8-20-10-12/h6,8,10-11,13H,3-5,7,9H2,1-2H3,(H,16,19)/t11-,13+/m1/s1. The molecule has 2 heterocycles. The number of likely N-dealkylation sites (tertiary alicyclic amines) is 1. The molecule has 1 aromatic heterocycles. The van der Waals surface area contributed by atoms with Crippen LogP contribution in [0.5, 0.6) is 0 Å². The molecule has 0 radical (unpaired) electrons. The number of rotatable bonds is 6. The Kier molecular flexibility index (Phi) is 5.17. The molecule has 1 aliphatic heterocycles. The van der Waals surface area contributed by atoms with Gasteiger partial charge in [0.05, 0.1) is 0 Å². The summed E-state index contributed by atoms with van der Waals surface area (Å²) in [6, 6.07) is 1.78. The maximum Gasteiger partial charge on any atom is 0.242 e. The lowest BCUT2D eigenvalue weighted by atomic mass is 10.0. The molecule has 110 valence electrons. The Morgan fingerprint density at radius 1 is 1.55 bits per heavy atom. The maximum absolute atomic E-state index is 12.3. The van der Waals surface area contributed by atoms with Crippen molar-refractivity contribution in [1.29, 1.82) is 0 Å². The van der Waals surface area contributed by atoms with Crippen LogP contribution in [0.3, 0.4) is 0 Å². The van der Waals surface area contributed by atoms with Gasteiger partial charge in [0.2, 0.25) is 11.8 Å². The Hall–Kier alpha value is -1.36. The van der Waals surface area contributed by atoms with Crippen molar-refractivity contribution >= 4 is 23.2 Å². The van der Waals surface area contributed by atoms with Gasteiger partial charge in [-0.1, -0.05) is 13.8 Å². The van der Waals surface area contributed by atoms with Crippen molar-refractivity contribution in [2.24, 2.45) is 0 Å². The lowest BCUT2D eigenvalue weighted by Crippen LogP contribution is -2.47. The Labute approximate surface area is 124 Å². The van der Waals surface area contributed by atoms with E-state index in [-0.39, 0.29) is 17.9 Å². The van der Waals surface area contributed by atoms with Gasteiger partial charge in [-0.15, -0.1) is 0 Å². The molecule has 2 amide bonds. The van der Waals surface area contributed by atoms with E-state index in [4.69, 9.17) is 0 Å². The van der Waals surface area contributed by atoms with E-state index >= 15 is 0 Å². The molecule has 1 aromatic rings. The number of hydrogen-bond acceptors (Lipinski definition) is 3. The molecule has 0 spiro atoms. The molecule has 1 saturated heterocycles. The molecule has 0 unspecified atom stereocenters. The molecule has 1 aliphatic rings. The number of amides is 2. The van der Waals surface area contributed by atoms with E-state index < -0.39 is 0 Å². The Morgan fingerprint density at radius 3 is 2.90 bits per heavy atom. The quantitative estimate of drug-likeness (QED) is 0.875. The highest BCUT2D eigenvalue weighted by Gasteiger charge is 2.31. The molecule has 0 aromatic carbocycles.